The third kappa shape index (κ3) is 3.43. The molecule has 1 aromatic rings. The summed E-state index contributed by atoms with van der Waals surface area (Å²) in [5.41, 5.74) is 6.39. The van der Waals surface area contributed by atoms with E-state index in [9.17, 15) is 14.7 Å². The molecule has 1 aliphatic heterocycles. The molecule has 7 nitrogen and oxygen atoms in total. The molecule has 1 aliphatic rings. The van der Waals surface area contributed by atoms with E-state index in [2.05, 4.69) is 0 Å². The van der Waals surface area contributed by atoms with Gasteiger partial charge >= 0.3 is 0 Å². The minimum atomic E-state index is -0.234. The Kier molecular flexibility index (Phi) is 4.64. The minimum Gasteiger partial charge on any atom is -0.508 e. The molecule has 7 heteroatoms. The Morgan fingerprint density at radius 2 is 1.86 bits per heavy atom. The number of hydrogen-bond donors (Lipinski definition) is 2. The van der Waals surface area contributed by atoms with Gasteiger partial charge in [-0.3, -0.25) is 9.59 Å². The number of amides is 2. The van der Waals surface area contributed by atoms with Crippen LogP contribution < -0.4 is 5.73 Å². The molecule has 0 aliphatic carbocycles. The average Bonchev–Trinajstić information content (AvgIpc) is 2.49. The van der Waals surface area contributed by atoms with Gasteiger partial charge in [0.1, 0.15) is 12.4 Å². The lowest BCUT2D eigenvalue weighted by molar-refractivity contribution is -0.136. The van der Waals surface area contributed by atoms with Gasteiger partial charge in [-0.2, -0.15) is 0 Å². The van der Waals surface area contributed by atoms with Crippen molar-refractivity contribution in [2.75, 3.05) is 45.6 Å². The standard InChI is InChI=1S/C14H19N3O4/c1-21-9-13(19)16-4-6-17(7-5-16)14(20)11-8-10(18)2-3-12(11)15/h2-3,8,18H,4-7,9,15H2,1H3. The quantitative estimate of drug-likeness (QED) is 0.599. The zero-order chi connectivity index (χ0) is 15.4. The highest BCUT2D eigenvalue weighted by Crippen LogP contribution is 2.20. The lowest BCUT2D eigenvalue weighted by Crippen LogP contribution is -2.51. The second kappa shape index (κ2) is 6.45. The number of nitrogens with zero attached hydrogens (tertiary/aromatic N) is 2. The number of methoxy groups -OCH3 is 1. The number of benzene rings is 1. The van der Waals surface area contributed by atoms with Crippen LogP contribution in [0.5, 0.6) is 5.75 Å². The molecule has 0 spiro atoms. The van der Waals surface area contributed by atoms with Crippen LogP contribution in [0, 0.1) is 0 Å². The van der Waals surface area contributed by atoms with E-state index in [0.717, 1.165) is 0 Å². The van der Waals surface area contributed by atoms with E-state index in [1.165, 1.54) is 25.3 Å². The van der Waals surface area contributed by atoms with Crippen molar-refractivity contribution in [3.8, 4) is 5.75 Å². The van der Waals surface area contributed by atoms with Gasteiger partial charge < -0.3 is 25.4 Å². The predicted octanol–water partition coefficient (Wildman–Crippen LogP) is -0.0948. The maximum atomic E-state index is 12.4. The van der Waals surface area contributed by atoms with Crippen LogP contribution in [0.3, 0.4) is 0 Å². The van der Waals surface area contributed by atoms with Crippen LogP contribution in [-0.4, -0.2) is 66.6 Å². The van der Waals surface area contributed by atoms with Gasteiger partial charge in [-0.25, -0.2) is 0 Å². The minimum absolute atomic E-state index is 0.00135. The van der Waals surface area contributed by atoms with Gasteiger partial charge in [-0.1, -0.05) is 0 Å². The van der Waals surface area contributed by atoms with Crippen molar-refractivity contribution in [1.29, 1.82) is 0 Å². The number of carbonyl (C=O) groups is 2. The summed E-state index contributed by atoms with van der Waals surface area (Å²) in [6, 6.07) is 4.30. The van der Waals surface area contributed by atoms with Gasteiger partial charge in [0.2, 0.25) is 5.91 Å². The van der Waals surface area contributed by atoms with Crippen molar-refractivity contribution >= 4 is 17.5 Å². The lowest BCUT2D eigenvalue weighted by Gasteiger charge is -2.34. The third-order valence-electron chi connectivity index (χ3n) is 3.45. The van der Waals surface area contributed by atoms with Gasteiger partial charge in [0, 0.05) is 39.0 Å². The molecule has 21 heavy (non-hydrogen) atoms. The van der Waals surface area contributed by atoms with Crippen LogP contribution in [0.4, 0.5) is 5.69 Å². The number of rotatable bonds is 3. The summed E-state index contributed by atoms with van der Waals surface area (Å²) in [7, 11) is 1.47. The van der Waals surface area contributed by atoms with Gasteiger partial charge in [-0.05, 0) is 18.2 Å². The third-order valence-corrected chi connectivity index (χ3v) is 3.45. The topological polar surface area (TPSA) is 96.1 Å². The molecule has 1 heterocycles. The van der Waals surface area contributed by atoms with Crippen LogP contribution in [0.15, 0.2) is 18.2 Å². The fourth-order valence-corrected chi connectivity index (χ4v) is 2.27. The smallest absolute Gasteiger partial charge is 0.256 e. The van der Waals surface area contributed by atoms with E-state index in [1.54, 1.807) is 9.80 Å². The van der Waals surface area contributed by atoms with Crippen LogP contribution in [0.2, 0.25) is 0 Å². The number of carbonyl (C=O) groups excluding carboxylic acids is 2. The molecular formula is C14H19N3O4. The first kappa shape index (κ1) is 15.1. The molecule has 0 saturated carbocycles. The largest absolute Gasteiger partial charge is 0.508 e. The number of phenols is 1. The molecule has 1 fully saturated rings. The van der Waals surface area contributed by atoms with Gasteiger partial charge in [0.05, 0.1) is 5.56 Å². The summed E-state index contributed by atoms with van der Waals surface area (Å²) in [4.78, 5) is 27.4. The number of anilines is 1. The van der Waals surface area contributed by atoms with Gasteiger partial charge in [0.25, 0.3) is 5.91 Å². The predicted molar refractivity (Wildman–Crippen MR) is 76.9 cm³/mol. The molecule has 0 bridgehead atoms. The Bertz CT molecular complexity index is 539. The summed E-state index contributed by atoms with van der Waals surface area (Å²) in [6.45, 7) is 1.85. The fourth-order valence-electron chi connectivity index (χ4n) is 2.27. The van der Waals surface area contributed by atoms with E-state index in [0.29, 0.717) is 31.9 Å². The molecule has 114 valence electrons. The number of nitrogens with two attached hydrogens (primary N) is 1. The van der Waals surface area contributed by atoms with Crippen molar-refractivity contribution < 1.29 is 19.4 Å². The highest BCUT2D eigenvalue weighted by molar-refractivity contribution is 5.99. The number of aromatic hydroxyl groups is 1. The SMILES string of the molecule is COCC(=O)N1CCN(C(=O)c2cc(O)ccc2N)CC1. The van der Waals surface area contributed by atoms with Gasteiger partial charge in [0.15, 0.2) is 0 Å². The Hall–Kier alpha value is -2.28. The highest BCUT2D eigenvalue weighted by atomic mass is 16.5. The number of phenolic OH excluding ortho intramolecular Hbond substituents is 1. The van der Waals surface area contributed by atoms with Crippen molar-refractivity contribution in [3.05, 3.63) is 23.8 Å². The van der Waals surface area contributed by atoms with Gasteiger partial charge in [-0.15, -0.1) is 0 Å². The molecule has 0 atom stereocenters. The summed E-state index contributed by atoms with van der Waals surface area (Å²) < 4.78 is 4.81. The fraction of sp³-hybridized carbons (Fsp3) is 0.429. The molecule has 2 rings (SSSR count). The first-order valence-electron chi connectivity index (χ1n) is 6.67. The summed E-state index contributed by atoms with van der Waals surface area (Å²) >= 11 is 0. The maximum absolute atomic E-state index is 12.4. The van der Waals surface area contributed by atoms with Crippen LogP contribution >= 0.6 is 0 Å². The van der Waals surface area contributed by atoms with E-state index in [4.69, 9.17) is 10.5 Å². The zero-order valence-corrected chi connectivity index (χ0v) is 11.9. The molecular weight excluding hydrogens is 274 g/mol. The molecule has 1 saturated heterocycles. The van der Waals surface area contributed by atoms with Crippen LogP contribution in [-0.2, 0) is 9.53 Å². The average molecular weight is 293 g/mol. The lowest BCUT2D eigenvalue weighted by atomic mass is 10.1. The number of piperazine rings is 1. The summed E-state index contributed by atoms with van der Waals surface area (Å²) in [6.07, 6.45) is 0. The Balaban J connectivity index is 2.00. The number of nitrogen functional groups attached to an aromatic ring is 1. The first-order valence-corrected chi connectivity index (χ1v) is 6.67. The van der Waals surface area contributed by atoms with Crippen LogP contribution in [0.1, 0.15) is 10.4 Å². The maximum Gasteiger partial charge on any atom is 0.256 e. The van der Waals surface area contributed by atoms with E-state index >= 15 is 0 Å². The van der Waals surface area contributed by atoms with Crippen molar-refractivity contribution in [2.45, 2.75) is 0 Å². The normalized spacial score (nSPS) is 15.1. The number of ether oxygens (including phenoxy) is 1. The van der Waals surface area contributed by atoms with E-state index < -0.39 is 0 Å². The van der Waals surface area contributed by atoms with Crippen molar-refractivity contribution in [1.82, 2.24) is 9.80 Å². The zero-order valence-electron chi connectivity index (χ0n) is 11.9. The Morgan fingerprint density at radius 3 is 2.48 bits per heavy atom. The second-order valence-electron chi connectivity index (χ2n) is 4.88. The van der Waals surface area contributed by atoms with E-state index in [-0.39, 0.29) is 29.7 Å². The van der Waals surface area contributed by atoms with E-state index in [1.807, 2.05) is 0 Å². The van der Waals surface area contributed by atoms with Crippen LogP contribution in [0.25, 0.3) is 0 Å². The summed E-state index contributed by atoms with van der Waals surface area (Å²) in [5, 5.41) is 9.47. The number of hydrogen-bond acceptors (Lipinski definition) is 5. The summed E-state index contributed by atoms with van der Waals surface area (Å²) in [5.74, 6) is -0.315. The monoisotopic (exact) mass is 293 g/mol. The van der Waals surface area contributed by atoms with Crippen molar-refractivity contribution in [2.24, 2.45) is 0 Å². The van der Waals surface area contributed by atoms with Crippen molar-refractivity contribution in [3.63, 3.8) is 0 Å². The molecule has 2 amide bonds. The second-order valence-corrected chi connectivity index (χ2v) is 4.88. The molecule has 0 unspecified atom stereocenters. The molecule has 1 aromatic carbocycles. The Morgan fingerprint density at radius 1 is 1.24 bits per heavy atom. The molecule has 0 radical (unpaired) electrons. The highest BCUT2D eigenvalue weighted by Gasteiger charge is 2.25. The molecule has 0 aromatic heterocycles. The molecule has 3 N–H and O–H groups in total. The Labute approximate surface area is 122 Å². The first-order chi connectivity index (χ1) is 10.0.